The Kier molecular flexibility index (Phi) is 6.43. The van der Waals surface area contributed by atoms with Gasteiger partial charge in [-0.15, -0.1) is 0 Å². The number of halogens is 1. The molecular formula is C30H23FN8O. The van der Waals surface area contributed by atoms with Gasteiger partial charge in [0.15, 0.2) is 0 Å². The van der Waals surface area contributed by atoms with Gasteiger partial charge in [-0.25, -0.2) is 13.9 Å². The van der Waals surface area contributed by atoms with E-state index in [-0.39, 0.29) is 11.7 Å². The summed E-state index contributed by atoms with van der Waals surface area (Å²) in [5, 5.41) is 18.3. The third kappa shape index (κ3) is 4.86. The van der Waals surface area contributed by atoms with Gasteiger partial charge in [-0.1, -0.05) is 12.0 Å². The third-order valence-corrected chi connectivity index (χ3v) is 6.86. The highest BCUT2D eigenvalue weighted by Crippen LogP contribution is 2.32. The fourth-order valence-corrected chi connectivity index (χ4v) is 4.79. The number of amides is 1. The molecule has 1 aromatic carbocycles. The number of carbonyl (C=O) groups excluding carboxylic acids is 1. The van der Waals surface area contributed by atoms with E-state index < -0.39 is 0 Å². The molecule has 1 saturated heterocycles. The number of rotatable bonds is 3. The molecule has 5 aromatic rings. The summed E-state index contributed by atoms with van der Waals surface area (Å²) < 4.78 is 16.8. The minimum Gasteiger partial charge on any atom is -0.353 e. The van der Waals surface area contributed by atoms with E-state index in [0.29, 0.717) is 37.3 Å². The molecule has 0 unspecified atom stereocenters. The molecule has 1 aliphatic heterocycles. The van der Waals surface area contributed by atoms with Gasteiger partial charge in [0, 0.05) is 85.6 Å². The number of piperazine rings is 1. The van der Waals surface area contributed by atoms with Crippen LogP contribution in [0.1, 0.15) is 11.1 Å². The number of benzene rings is 1. The molecule has 9 nitrogen and oxygen atoms in total. The minimum atomic E-state index is -0.382. The standard InChI is InChI=1S/C30H23FN8O/c1-36-19-25(18-34-36)23-14-27(30-24(15-32)17-35-39(30)20-23)22-6-7-28(33-16-22)37-9-11-38(12-10-37)29(40)8-5-21-3-2-4-26(31)13-21/h2-4,6-7,13-14,16-20H,9-12H2,1H3. The predicted octanol–water partition coefficient (Wildman–Crippen LogP) is 3.51. The Balaban J connectivity index is 1.20. The Morgan fingerprint density at radius 3 is 2.50 bits per heavy atom. The van der Waals surface area contributed by atoms with Crippen LogP contribution in [-0.2, 0) is 11.8 Å². The van der Waals surface area contributed by atoms with E-state index in [0.717, 1.165) is 33.6 Å². The monoisotopic (exact) mass is 530 g/mol. The zero-order valence-corrected chi connectivity index (χ0v) is 21.6. The smallest absolute Gasteiger partial charge is 0.298 e. The van der Waals surface area contributed by atoms with Gasteiger partial charge in [0.2, 0.25) is 0 Å². The second-order valence-electron chi connectivity index (χ2n) is 9.45. The second kappa shape index (κ2) is 10.4. The van der Waals surface area contributed by atoms with Gasteiger partial charge in [-0.3, -0.25) is 9.48 Å². The Morgan fingerprint density at radius 1 is 0.950 bits per heavy atom. The summed E-state index contributed by atoms with van der Waals surface area (Å²) in [6.07, 6.45) is 8.98. The Morgan fingerprint density at radius 2 is 1.80 bits per heavy atom. The van der Waals surface area contributed by atoms with Gasteiger partial charge in [0.1, 0.15) is 17.7 Å². The Bertz CT molecular complexity index is 1830. The molecule has 4 aromatic heterocycles. The molecular weight excluding hydrogens is 507 g/mol. The SMILES string of the molecule is Cn1cc(-c2cc(-c3ccc(N4CCN(C(=O)C#Cc5cccc(F)c5)CC4)nc3)c3c(C#N)cnn3c2)cn1. The molecule has 0 bridgehead atoms. The Hall–Kier alpha value is -5.48. The zero-order chi connectivity index (χ0) is 27.6. The van der Waals surface area contributed by atoms with Crippen molar-refractivity contribution in [3.63, 3.8) is 0 Å². The summed E-state index contributed by atoms with van der Waals surface area (Å²) in [6, 6.07) is 14.1. The fraction of sp³-hybridized carbons (Fsp3) is 0.167. The summed E-state index contributed by atoms with van der Waals surface area (Å²) in [4.78, 5) is 21.1. The normalized spacial score (nSPS) is 13.1. The van der Waals surface area contributed by atoms with E-state index >= 15 is 0 Å². The van der Waals surface area contributed by atoms with Crippen molar-refractivity contribution in [1.29, 1.82) is 5.26 Å². The lowest BCUT2D eigenvalue weighted by Crippen LogP contribution is -2.48. The number of aromatic nitrogens is 5. The molecule has 196 valence electrons. The van der Waals surface area contributed by atoms with E-state index in [1.165, 1.54) is 12.1 Å². The molecule has 0 N–H and O–H groups in total. The van der Waals surface area contributed by atoms with Gasteiger partial charge in [-0.05, 0) is 36.4 Å². The van der Waals surface area contributed by atoms with Crippen molar-refractivity contribution < 1.29 is 9.18 Å². The van der Waals surface area contributed by atoms with E-state index in [2.05, 4.69) is 33.0 Å². The lowest BCUT2D eigenvalue weighted by molar-refractivity contribution is -0.125. The van der Waals surface area contributed by atoms with Crippen molar-refractivity contribution in [3.05, 3.63) is 90.4 Å². The predicted molar refractivity (Wildman–Crippen MR) is 147 cm³/mol. The van der Waals surface area contributed by atoms with Crippen LogP contribution in [0.2, 0.25) is 0 Å². The maximum absolute atomic E-state index is 13.4. The first-order valence-corrected chi connectivity index (χ1v) is 12.7. The molecule has 6 rings (SSSR count). The van der Waals surface area contributed by atoms with Crippen LogP contribution in [0, 0.1) is 29.0 Å². The van der Waals surface area contributed by atoms with Crippen molar-refractivity contribution in [2.75, 3.05) is 31.1 Å². The van der Waals surface area contributed by atoms with E-state index in [1.54, 1.807) is 44.8 Å². The molecule has 0 saturated carbocycles. The average Bonchev–Trinajstić information content (AvgIpc) is 3.61. The molecule has 0 spiro atoms. The molecule has 0 radical (unpaired) electrons. The first-order chi connectivity index (χ1) is 19.5. The van der Waals surface area contributed by atoms with Gasteiger partial charge >= 0.3 is 0 Å². The zero-order valence-electron chi connectivity index (χ0n) is 21.6. The summed E-state index contributed by atoms with van der Waals surface area (Å²) in [6.45, 7) is 2.24. The van der Waals surface area contributed by atoms with Crippen molar-refractivity contribution in [1.82, 2.24) is 29.3 Å². The number of fused-ring (bicyclic) bond motifs is 1. The molecule has 0 aliphatic carbocycles. The van der Waals surface area contributed by atoms with E-state index in [9.17, 15) is 14.4 Å². The number of anilines is 1. The van der Waals surface area contributed by atoms with Crippen LogP contribution in [-0.4, -0.2) is 61.4 Å². The van der Waals surface area contributed by atoms with Crippen molar-refractivity contribution in [2.24, 2.45) is 7.05 Å². The van der Waals surface area contributed by atoms with Crippen molar-refractivity contribution in [2.45, 2.75) is 0 Å². The maximum atomic E-state index is 13.4. The number of nitrogens with zero attached hydrogens (tertiary/aromatic N) is 8. The molecule has 1 fully saturated rings. The third-order valence-electron chi connectivity index (χ3n) is 6.86. The number of aryl methyl sites for hydroxylation is 1. The lowest BCUT2D eigenvalue weighted by atomic mass is 10.0. The summed E-state index contributed by atoms with van der Waals surface area (Å²) in [5.41, 5.74) is 5.25. The quantitative estimate of drug-likeness (QED) is 0.332. The van der Waals surface area contributed by atoms with Gasteiger partial charge in [0.25, 0.3) is 5.91 Å². The molecule has 5 heterocycles. The summed E-state index contributed by atoms with van der Waals surface area (Å²) >= 11 is 0. The number of hydrogen-bond acceptors (Lipinski definition) is 6. The highest BCUT2D eigenvalue weighted by molar-refractivity contribution is 5.94. The fourth-order valence-electron chi connectivity index (χ4n) is 4.79. The summed E-state index contributed by atoms with van der Waals surface area (Å²) in [7, 11) is 1.86. The van der Waals surface area contributed by atoms with Gasteiger partial charge in [-0.2, -0.15) is 15.5 Å². The molecule has 0 atom stereocenters. The number of pyridine rings is 2. The van der Waals surface area contributed by atoms with Crippen molar-refractivity contribution in [3.8, 4) is 40.2 Å². The highest BCUT2D eigenvalue weighted by Gasteiger charge is 2.21. The van der Waals surface area contributed by atoms with Crippen LogP contribution in [0.15, 0.2) is 73.4 Å². The number of carbonyl (C=O) groups is 1. The molecule has 1 aliphatic rings. The van der Waals surface area contributed by atoms with Crippen LogP contribution < -0.4 is 4.90 Å². The van der Waals surface area contributed by atoms with Crippen LogP contribution in [0.5, 0.6) is 0 Å². The lowest BCUT2D eigenvalue weighted by Gasteiger charge is -2.34. The van der Waals surface area contributed by atoms with Crippen LogP contribution >= 0.6 is 0 Å². The van der Waals surface area contributed by atoms with Crippen LogP contribution in [0.25, 0.3) is 27.8 Å². The van der Waals surface area contributed by atoms with Crippen LogP contribution in [0.4, 0.5) is 10.2 Å². The van der Waals surface area contributed by atoms with Crippen molar-refractivity contribution >= 4 is 17.2 Å². The first kappa shape index (κ1) is 24.8. The maximum Gasteiger partial charge on any atom is 0.298 e. The molecule has 10 heteroatoms. The largest absolute Gasteiger partial charge is 0.353 e. The average molecular weight is 531 g/mol. The minimum absolute atomic E-state index is 0.279. The second-order valence-corrected chi connectivity index (χ2v) is 9.45. The molecule has 40 heavy (non-hydrogen) atoms. The van der Waals surface area contributed by atoms with E-state index in [4.69, 9.17) is 4.98 Å². The van der Waals surface area contributed by atoms with E-state index in [1.807, 2.05) is 37.6 Å². The number of nitriles is 1. The highest BCUT2D eigenvalue weighted by atomic mass is 19.1. The Labute approximate surface area is 229 Å². The van der Waals surface area contributed by atoms with Crippen LogP contribution in [0.3, 0.4) is 0 Å². The topological polar surface area (TPSA) is 95.3 Å². The summed E-state index contributed by atoms with van der Waals surface area (Å²) in [5.74, 6) is 5.50. The van der Waals surface area contributed by atoms with Gasteiger partial charge < -0.3 is 9.80 Å². The molecule has 1 amide bonds. The first-order valence-electron chi connectivity index (χ1n) is 12.7. The number of hydrogen-bond donors (Lipinski definition) is 0. The van der Waals surface area contributed by atoms with Gasteiger partial charge in [0.05, 0.1) is 23.5 Å².